The Labute approximate surface area is 106 Å². The van der Waals surface area contributed by atoms with E-state index < -0.39 is 5.82 Å². The summed E-state index contributed by atoms with van der Waals surface area (Å²) < 4.78 is 23.8. The normalized spacial score (nSPS) is 23.1. The number of nitrogen functional groups attached to an aromatic ring is 1. The van der Waals surface area contributed by atoms with Gasteiger partial charge in [-0.15, -0.1) is 0 Å². The van der Waals surface area contributed by atoms with Crippen LogP contribution in [0.2, 0.25) is 0 Å². The lowest BCUT2D eigenvalue weighted by atomic mass is 10.0. The minimum absolute atomic E-state index is 0.197. The lowest BCUT2D eigenvalue weighted by Crippen LogP contribution is -2.21. The molecule has 2 rings (SSSR count). The van der Waals surface area contributed by atoms with Gasteiger partial charge in [-0.1, -0.05) is 0 Å². The maximum atomic E-state index is 13.4. The van der Waals surface area contributed by atoms with Crippen molar-refractivity contribution in [2.45, 2.75) is 19.4 Å². The van der Waals surface area contributed by atoms with Crippen LogP contribution >= 0.6 is 0 Å². The zero-order chi connectivity index (χ0) is 13.1. The maximum Gasteiger partial charge on any atom is 0.167 e. The van der Waals surface area contributed by atoms with Crippen LogP contribution in [-0.2, 0) is 4.74 Å². The third-order valence-electron chi connectivity index (χ3n) is 3.41. The van der Waals surface area contributed by atoms with Crippen molar-refractivity contribution in [3.8, 4) is 5.75 Å². The predicted molar refractivity (Wildman–Crippen MR) is 69.4 cm³/mol. The van der Waals surface area contributed by atoms with Crippen LogP contribution in [0, 0.1) is 11.7 Å². The molecule has 1 aliphatic heterocycles. The molecule has 1 saturated heterocycles. The van der Waals surface area contributed by atoms with E-state index in [9.17, 15) is 4.39 Å². The largest absolute Gasteiger partial charge is 0.494 e. The topological polar surface area (TPSA) is 56.5 Å². The molecule has 4 nitrogen and oxygen atoms in total. The van der Waals surface area contributed by atoms with E-state index in [1.165, 1.54) is 13.2 Å². The molecule has 2 unspecified atom stereocenters. The number of anilines is 2. The van der Waals surface area contributed by atoms with Gasteiger partial charge in [-0.2, -0.15) is 0 Å². The third kappa shape index (κ3) is 2.67. The second-order valence-electron chi connectivity index (χ2n) is 4.58. The summed E-state index contributed by atoms with van der Waals surface area (Å²) >= 11 is 0. The minimum Gasteiger partial charge on any atom is -0.494 e. The van der Waals surface area contributed by atoms with Gasteiger partial charge in [0.2, 0.25) is 0 Å². The number of ether oxygens (including phenoxy) is 2. The summed E-state index contributed by atoms with van der Waals surface area (Å²) in [7, 11) is 1.44. The average Bonchev–Trinajstić information content (AvgIpc) is 2.74. The molecule has 1 aliphatic rings. The highest BCUT2D eigenvalue weighted by Gasteiger charge is 2.24. The summed E-state index contributed by atoms with van der Waals surface area (Å²) in [5, 5.41) is 3.24. The van der Waals surface area contributed by atoms with Crippen molar-refractivity contribution >= 4 is 11.4 Å². The van der Waals surface area contributed by atoms with Gasteiger partial charge in [-0.05, 0) is 13.3 Å². The van der Waals surface area contributed by atoms with Crippen molar-refractivity contribution in [2.24, 2.45) is 5.92 Å². The molecule has 5 heteroatoms. The first kappa shape index (κ1) is 13.0. The van der Waals surface area contributed by atoms with E-state index in [2.05, 4.69) is 12.2 Å². The van der Waals surface area contributed by atoms with E-state index in [-0.39, 0.29) is 11.9 Å². The molecule has 0 saturated carbocycles. The Morgan fingerprint density at radius 2 is 2.33 bits per heavy atom. The van der Waals surface area contributed by atoms with Gasteiger partial charge < -0.3 is 20.5 Å². The van der Waals surface area contributed by atoms with E-state index in [0.29, 0.717) is 17.3 Å². The lowest BCUT2D eigenvalue weighted by molar-refractivity contribution is 0.108. The van der Waals surface area contributed by atoms with Gasteiger partial charge in [0.15, 0.2) is 11.6 Å². The van der Waals surface area contributed by atoms with Crippen LogP contribution in [0.25, 0.3) is 0 Å². The van der Waals surface area contributed by atoms with Gasteiger partial charge in [0.05, 0.1) is 24.6 Å². The van der Waals surface area contributed by atoms with E-state index >= 15 is 0 Å². The van der Waals surface area contributed by atoms with Crippen LogP contribution in [0.4, 0.5) is 15.8 Å². The van der Waals surface area contributed by atoms with Crippen molar-refractivity contribution in [1.82, 2.24) is 0 Å². The van der Waals surface area contributed by atoms with Crippen molar-refractivity contribution in [2.75, 3.05) is 31.3 Å². The smallest absolute Gasteiger partial charge is 0.167 e. The lowest BCUT2D eigenvalue weighted by Gasteiger charge is -2.17. The molecule has 1 aromatic carbocycles. The van der Waals surface area contributed by atoms with Gasteiger partial charge in [-0.3, -0.25) is 0 Å². The molecule has 3 N–H and O–H groups in total. The molecule has 0 aromatic heterocycles. The molecule has 100 valence electrons. The Bertz CT molecular complexity index is 426. The molecule has 0 spiro atoms. The molecule has 1 fully saturated rings. The summed E-state index contributed by atoms with van der Waals surface area (Å²) in [6, 6.07) is 2.86. The first-order valence-corrected chi connectivity index (χ1v) is 6.10. The number of nitrogens with one attached hydrogen (secondary N) is 1. The van der Waals surface area contributed by atoms with Crippen molar-refractivity contribution in [1.29, 1.82) is 0 Å². The fourth-order valence-corrected chi connectivity index (χ4v) is 2.16. The van der Waals surface area contributed by atoms with Crippen LogP contribution in [0.15, 0.2) is 12.1 Å². The number of halogens is 1. The molecule has 0 radical (unpaired) electrons. The van der Waals surface area contributed by atoms with Gasteiger partial charge in [0, 0.05) is 31.2 Å². The molecule has 0 amide bonds. The highest BCUT2D eigenvalue weighted by atomic mass is 19.1. The predicted octanol–water partition coefficient (Wildman–Crippen LogP) is 2.25. The fourth-order valence-electron chi connectivity index (χ4n) is 2.16. The van der Waals surface area contributed by atoms with Crippen LogP contribution in [0.3, 0.4) is 0 Å². The monoisotopic (exact) mass is 254 g/mol. The highest BCUT2D eigenvalue weighted by Crippen LogP contribution is 2.29. The van der Waals surface area contributed by atoms with E-state index in [4.69, 9.17) is 15.2 Å². The van der Waals surface area contributed by atoms with E-state index in [1.807, 2.05) is 0 Å². The Morgan fingerprint density at radius 3 is 2.94 bits per heavy atom. The summed E-state index contributed by atoms with van der Waals surface area (Å²) in [6.45, 7) is 3.63. The third-order valence-corrected chi connectivity index (χ3v) is 3.41. The first-order chi connectivity index (χ1) is 8.61. The van der Waals surface area contributed by atoms with Crippen LogP contribution in [0.1, 0.15) is 13.3 Å². The zero-order valence-corrected chi connectivity index (χ0v) is 10.7. The maximum absolute atomic E-state index is 13.4. The molecule has 1 heterocycles. The van der Waals surface area contributed by atoms with E-state index in [1.54, 1.807) is 6.07 Å². The summed E-state index contributed by atoms with van der Waals surface area (Å²) in [5.74, 6) is 0.209. The van der Waals surface area contributed by atoms with Crippen LogP contribution in [0.5, 0.6) is 5.75 Å². The van der Waals surface area contributed by atoms with Gasteiger partial charge in [-0.25, -0.2) is 4.39 Å². The number of hydrogen-bond donors (Lipinski definition) is 2. The molecule has 0 aliphatic carbocycles. The Balaban J connectivity index is 2.04. The molecular formula is C13H19FN2O2. The molecule has 2 atom stereocenters. The van der Waals surface area contributed by atoms with Gasteiger partial charge in [0.25, 0.3) is 0 Å². The van der Waals surface area contributed by atoms with Crippen LogP contribution in [-0.4, -0.2) is 26.4 Å². The first-order valence-electron chi connectivity index (χ1n) is 6.10. The summed E-state index contributed by atoms with van der Waals surface area (Å²) in [5.41, 5.74) is 6.87. The number of nitrogens with two attached hydrogens (primary N) is 1. The minimum atomic E-state index is -0.446. The quantitative estimate of drug-likeness (QED) is 0.809. The fraction of sp³-hybridized carbons (Fsp3) is 0.538. The second kappa shape index (κ2) is 5.44. The Morgan fingerprint density at radius 1 is 1.56 bits per heavy atom. The van der Waals surface area contributed by atoms with Crippen molar-refractivity contribution in [3.05, 3.63) is 17.9 Å². The summed E-state index contributed by atoms with van der Waals surface area (Å²) in [4.78, 5) is 0. The molecular weight excluding hydrogens is 235 g/mol. The molecule has 0 bridgehead atoms. The number of benzene rings is 1. The Kier molecular flexibility index (Phi) is 3.91. The highest BCUT2D eigenvalue weighted by molar-refractivity contribution is 5.68. The standard InChI is InChI=1S/C13H19FN2O2/c1-8-9(3-4-18-8)7-16-12-6-13(17-2)10(14)5-11(12)15/h5-6,8-9,16H,3-4,7,15H2,1-2H3. The number of rotatable bonds is 4. The van der Waals surface area contributed by atoms with Gasteiger partial charge in [0.1, 0.15) is 0 Å². The number of hydrogen-bond acceptors (Lipinski definition) is 4. The van der Waals surface area contributed by atoms with E-state index in [0.717, 1.165) is 19.6 Å². The van der Waals surface area contributed by atoms with Gasteiger partial charge >= 0.3 is 0 Å². The zero-order valence-electron chi connectivity index (χ0n) is 10.7. The number of methoxy groups -OCH3 is 1. The van der Waals surface area contributed by atoms with Crippen LogP contribution < -0.4 is 15.8 Å². The van der Waals surface area contributed by atoms with Crippen molar-refractivity contribution in [3.63, 3.8) is 0 Å². The average molecular weight is 254 g/mol. The molecule has 18 heavy (non-hydrogen) atoms. The SMILES string of the molecule is COc1cc(NCC2CCOC2C)c(N)cc1F. The summed E-state index contributed by atoms with van der Waals surface area (Å²) in [6.07, 6.45) is 1.29. The van der Waals surface area contributed by atoms with Crippen molar-refractivity contribution < 1.29 is 13.9 Å². The Hall–Kier alpha value is -1.49. The second-order valence-corrected chi connectivity index (χ2v) is 4.58. The molecule has 1 aromatic rings.